The lowest BCUT2D eigenvalue weighted by atomic mass is 10.1. The molecule has 5 nitrogen and oxygen atoms in total. The summed E-state index contributed by atoms with van der Waals surface area (Å²) in [5, 5.41) is -1.70. The smallest absolute Gasteiger partial charge is 0.221 e. The van der Waals surface area contributed by atoms with E-state index in [1.54, 1.807) is 0 Å². The second-order valence-electron chi connectivity index (χ2n) is 3.16. The van der Waals surface area contributed by atoms with Crippen LogP contribution in [0.3, 0.4) is 0 Å². The molecule has 0 heterocycles. The molecule has 0 aliphatic heterocycles. The molecule has 0 amide bonds. The molecule has 6 heteroatoms. The molecule has 0 N–H and O–H groups in total. The van der Waals surface area contributed by atoms with Gasteiger partial charge in [0.15, 0.2) is 0 Å². The fraction of sp³-hybridized carbons (Fsp3) is 1.00. The zero-order valence-corrected chi connectivity index (χ0v) is 9.42. The molecular weight excluding hydrogens is 202 g/mol. The summed E-state index contributed by atoms with van der Waals surface area (Å²) in [6.07, 6.45) is 3.84. The van der Waals surface area contributed by atoms with E-state index in [2.05, 4.69) is 16.4 Å². The van der Waals surface area contributed by atoms with Crippen molar-refractivity contribution < 1.29 is 9.79 Å². The molecule has 14 heavy (non-hydrogen) atoms. The average molecular weight is 220 g/mol. The van der Waals surface area contributed by atoms with Crippen molar-refractivity contribution in [2.24, 2.45) is 4.52 Å². The van der Waals surface area contributed by atoms with Gasteiger partial charge in [0.05, 0.1) is 5.23 Å². The van der Waals surface area contributed by atoms with E-state index in [0.717, 1.165) is 19.3 Å². The number of rotatable bonds is 7. The Hall–Kier alpha value is -0.740. The van der Waals surface area contributed by atoms with E-state index in [0.29, 0.717) is 6.42 Å². The molecule has 0 aromatic heterocycles. The zero-order chi connectivity index (χ0) is 11.9. The van der Waals surface area contributed by atoms with Crippen LogP contribution in [0, 0.1) is 0 Å². The minimum absolute atomic E-state index is 0.203. The van der Waals surface area contributed by atoms with Gasteiger partial charge in [0.25, 0.3) is 0 Å². The molecule has 1 atom stereocenters. The Morgan fingerprint density at radius 3 is 2.64 bits per heavy atom. The second kappa shape index (κ2) is 6.68. The largest absolute Gasteiger partial charge is 0.238 e. The molecule has 0 aromatic rings. The van der Waals surface area contributed by atoms with Gasteiger partial charge in [-0.15, -0.1) is 0 Å². The third-order valence-electron chi connectivity index (χ3n) is 1.97. The van der Waals surface area contributed by atoms with Crippen LogP contribution >= 0.6 is 0 Å². The van der Waals surface area contributed by atoms with Crippen LogP contribution in [-0.2, 0) is 10.0 Å². The van der Waals surface area contributed by atoms with Crippen LogP contribution < -0.4 is 0 Å². The monoisotopic (exact) mass is 220 g/mol. The van der Waals surface area contributed by atoms with E-state index in [-0.39, 0.29) is 6.42 Å². The average Bonchev–Trinajstić information content (AvgIpc) is 2.12. The minimum atomic E-state index is -4.02. The molecule has 0 aliphatic carbocycles. The van der Waals surface area contributed by atoms with Crippen LogP contribution in [-0.4, -0.2) is 13.6 Å². The van der Waals surface area contributed by atoms with Gasteiger partial charge in [-0.2, -0.15) is 0 Å². The van der Waals surface area contributed by atoms with Crippen molar-refractivity contribution in [3.63, 3.8) is 0 Å². The summed E-state index contributed by atoms with van der Waals surface area (Å²) < 4.78 is 32.9. The second-order valence-corrected chi connectivity index (χ2v) is 4.97. The lowest BCUT2D eigenvalue weighted by molar-refractivity contribution is 0.564. The first-order valence-electron chi connectivity index (χ1n) is 5.18. The summed E-state index contributed by atoms with van der Waals surface area (Å²) in [6, 6.07) is 0. The third kappa shape index (κ3) is 5.09. The predicted octanol–water partition coefficient (Wildman–Crippen LogP) is 2.99. The highest BCUT2D eigenvalue weighted by atomic mass is 32.2. The van der Waals surface area contributed by atoms with Crippen LogP contribution in [0.2, 0.25) is 0 Å². The lowest BCUT2D eigenvalue weighted by Crippen LogP contribution is -2.14. The van der Waals surface area contributed by atoms with Gasteiger partial charge in [0.1, 0.15) is 0 Å². The highest BCUT2D eigenvalue weighted by molar-refractivity contribution is 7.90. The van der Waals surface area contributed by atoms with Crippen molar-refractivity contribution in [2.75, 3.05) is 0 Å². The first-order chi connectivity index (χ1) is 6.87. The summed E-state index contributed by atoms with van der Waals surface area (Å²) in [6.45, 7) is 3.32. The topological polar surface area (TPSA) is 82.9 Å². The van der Waals surface area contributed by atoms with Gasteiger partial charge in [0.2, 0.25) is 10.0 Å². The van der Waals surface area contributed by atoms with Gasteiger partial charge in [0, 0.05) is 10.8 Å². The van der Waals surface area contributed by atoms with Crippen molar-refractivity contribution in [1.29, 1.82) is 0 Å². The summed E-state index contributed by atoms with van der Waals surface area (Å²) in [4.78, 5) is 2.24. The quantitative estimate of drug-likeness (QED) is 0.286. The SMILES string of the molecule is [2H][C@](C)(CCCCCC)S(=O)(=O)N=[N+]=[N-]. The highest BCUT2D eigenvalue weighted by Gasteiger charge is 2.17. The first-order valence-corrected chi connectivity index (χ1v) is 6.12. The van der Waals surface area contributed by atoms with Gasteiger partial charge < -0.3 is 0 Å². The third-order valence-corrected chi connectivity index (χ3v) is 3.34. The van der Waals surface area contributed by atoms with Crippen molar-refractivity contribution in [3.05, 3.63) is 10.4 Å². The van der Waals surface area contributed by atoms with Crippen molar-refractivity contribution in [1.82, 2.24) is 0 Å². The summed E-state index contributed by atoms with van der Waals surface area (Å²) in [5.41, 5.74) is 8.07. The summed E-state index contributed by atoms with van der Waals surface area (Å²) >= 11 is 0. The number of nitrogens with zero attached hydrogens (tertiary/aromatic N) is 3. The molecule has 0 unspecified atom stereocenters. The normalized spacial score (nSPS) is 16.6. The van der Waals surface area contributed by atoms with Gasteiger partial charge >= 0.3 is 0 Å². The molecule has 0 aliphatic rings. The van der Waals surface area contributed by atoms with Crippen molar-refractivity contribution in [3.8, 4) is 0 Å². The van der Waals surface area contributed by atoms with Crippen LogP contribution in [0.15, 0.2) is 4.52 Å². The molecule has 0 radical (unpaired) electrons. The molecule has 0 saturated heterocycles. The van der Waals surface area contributed by atoms with Crippen LogP contribution in [0.5, 0.6) is 0 Å². The summed E-state index contributed by atoms with van der Waals surface area (Å²) in [7, 11) is -4.02. The number of hydrogen-bond acceptors (Lipinski definition) is 2. The molecule has 0 aromatic carbocycles. The van der Waals surface area contributed by atoms with E-state index in [4.69, 9.17) is 6.90 Å². The van der Waals surface area contributed by atoms with E-state index >= 15 is 0 Å². The number of azide groups is 1. The van der Waals surface area contributed by atoms with Gasteiger partial charge in [-0.1, -0.05) is 32.6 Å². The van der Waals surface area contributed by atoms with Crippen molar-refractivity contribution in [2.45, 2.75) is 51.2 Å². The maximum Gasteiger partial charge on any atom is 0.238 e. The Kier molecular flexibility index (Phi) is 5.40. The van der Waals surface area contributed by atoms with Crippen LogP contribution in [0.1, 0.15) is 47.3 Å². The first kappa shape index (κ1) is 11.3. The fourth-order valence-corrected chi connectivity index (χ4v) is 1.69. The molecule has 82 valence electrons. The van der Waals surface area contributed by atoms with Crippen LogP contribution in [0.25, 0.3) is 10.4 Å². The maximum atomic E-state index is 11.3. The van der Waals surface area contributed by atoms with Gasteiger partial charge in [-0.05, 0) is 18.9 Å². The standard InChI is InChI=1S/C8H17N3O2S/c1-3-4-5-6-7-8(2)14(12,13)11-10-9/h8H,3-7H2,1-2H3/t8-/m0/s1/i8D. The molecule has 0 bridgehead atoms. The highest BCUT2D eigenvalue weighted by Crippen LogP contribution is 2.13. The summed E-state index contributed by atoms with van der Waals surface area (Å²) in [5.74, 6) is 0. The van der Waals surface area contributed by atoms with Gasteiger partial charge in [-0.3, -0.25) is 0 Å². The Morgan fingerprint density at radius 2 is 2.14 bits per heavy atom. The lowest BCUT2D eigenvalue weighted by Gasteiger charge is -2.07. The van der Waals surface area contributed by atoms with E-state index < -0.39 is 15.2 Å². The fourth-order valence-electron chi connectivity index (χ4n) is 1.05. The van der Waals surface area contributed by atoms with Crippen molar-refractivity contribution >= 4 is 10.0 Å². The molecular formula is C8H17N3O2S. The Morgan fingerprint density at radius 1 is 1.50 bits per heavy atom. The predicted molar refractivity (Wildman–Crippen MR) is 56.3 cm³/mol. The Bertz CT molecular complexity index is 334. The van der Waals surface area contributed by atoms with Crippen LogP contribution in [0.4, 0.5) is 0 Å². The Balaban J connectivity index is 4.35. The minimum Gasteiger partial charge on any atom is -0.221 e. The molecule has 0 spiro atoms. The molecule has 0 fully saturated rings. The molecule has 0 rings (SSSR count). The van der Waals surface area contributed by atoms with Gasteiger partial charge in [-0.25, -0.2) is 8.42 Å². The van der Waals surface area contributed by atoms with E-state index in [1.165, 1.54) is 6.92 Å². The number of hydrogen-bond donors (Lipinski definition) is 0. The number of sulfonamides is 1. The van der Waals surface area contributed by atoms with E-state index in [9.17, 15) is 8.42 Å². The Labute approximate surface area is 86.6 Å². The maximum absolute atomic E-state index is 11.3. The zero-order valence-electron chi connectivity index (χ0n) is 9.60. The van der Waals surface area contributed by atoms with E-state index in [1.807, 2.05) is 0 Å². The number of unbranched alkanes of at least 4 members (excludes halogenated alkanes) is 3. The molecule has 0 saturated carbocycles.